The number of methoxy groups -OCH3 is 2. The fourth-order valence-corrected chi connectivity index (χ4v) is 3.03. The van der Waals surface area contributed by atoms with Gasteiger partial charge in [-0.3, -0.25) is 0 Å². The number of nitrogens with zero attached hydrogens (tertiary/aromatic N) is 2. The standard InChI is InChI=1S/C22H24F2N4O4/c1-5-12(2)19(26-22(29)25-16-8-7-14(23)11-15(16)24)21-27-20(28-32-21)13-6-9-17(30-3)18(10-13)31-4/h6-12,19H,5H2,1-4H3,(H2,25,26,29)/t12-,19+/m1/s1. The summed E-state index contributed by atoms with van der Waals surface area (Å²) in [4.78, 5) is 16.9. The average molecular weight is 446 g/mol. The maximum atomic E-state index is 13.9. The molecular weight excluding hydrogens is 422 g/mol. The predicted molar refractivity (Wildman–Crippen MR) is 114 cm³/mol. The third-order valence-corrected chi connectivity index (χ3v) is 5.03. The molecular formula is C22H24F2N4O4. The van der Waals surface area contributed by atoms with Crippen LogP contribution in [0.3, 0.4) is 0 Å². The third kappa shape index (κ3) is 5.13. The Kier molecular flexibility index (Phi) is 7.24. The lowest BCUT2D eigenvalue weighted by atomic mass is 9.99. The highest BCUT2D eigenvalue weighted by Gasteiger charge is 2.27. The number of nitrogens with one attached hydrogen (secondary N) is 2. The number of ether oxygens (including phenoxy) is 2. The van der Waals surface area contributed by atoms with Gasteiger partial charge in [-0.05, 0) is 36.2 Å². The molecule has 10 heteroatoms. The minimum Gasteiger partial charge on any atom is -0.493 e. The molecule has 0 bridgehead atoms. The van der Waals surface area contributed by atoms with E-state index in [0.29, 0.717) is 35.4 Å². The lowest BCUT2D eigenvalue weighted by Crippen LogP contribution is -2.36. The number of hydrogen-bond acceptors (Lipinski definition) is 6. The zero-order chi connectivity index (χ0) is 23.3. The molecule has 2 amide bonds. The van der Waals surface area contributed by atoms with Crippen molar-refractivity contribution in [3.63, 3.8) is 0 Å². The smallest absolute Gasteiger partial charge is 0.319 e. The highest BCUT2D eigenvalue weighted by atomic mass is 19.1. The van der Waals surface area contributed by atoms with Crippen LogP contribution in [0.5, 0.6) is 11.5 Å². The van der Waals surface area contributed by atoms with Crippen molar-refractivity contribution < 1.29 is 27.6 Å². The molecule has 0 aliphatic rings. The molecule has 0 fully saturated rings. The van der Waals surface area contributed by atoms with E-state index < -0.39 is 23.7 Å². The van der Waals surface area contributed by atoms with Crippen molar-refractivity contribution >= 4 is 11.7 Å². The number of benzene rings is 2. The Balaban J connectivity index is 1.81. The molecule has 0 spiro atoms. The quantitative estimate of drug-likeness (QED) is 0.509. The van der Waals surface area contributed by atoms with Crippen LogP contribution < -0.4 is 20.1 Å². The summed E-state index contributed by atoms with van der Waals surface area (Å²) in [7, 11) is 3.06. The molecule has 0 saturated heterocycles. The summed E-state index contributed by atoms with van der Waals surface area (Å²) in [5.41, 5.74) is 0.488. The Bertz CT molecular complexity index is 1090. The van der Waals surface area contributed by atoms with Crippen molar-refractivity contribution in [2.75, 3.05) is 19.5 Å². The summed E-state index contributed by atoms with van der Waals surface area (Å²) in [5, 5.41) is 9.11. The molecule has 2 aromatic carbocycles. The van der Waals surface area contributed by atoms with Crippen LogP contribution in [-0.4, -0.2) is 30.4 Å². The maximum Gasteiger partial charge on any atom is 0.319 e. The average Bonchev–Trinajstić information content (AvgIpc) is 3.28. The monoisotopic (exact) mass is 446 g/mol. The molecule has 0 aliphatic heterocycles. The van der Waals surface area contributed by atoms with Gasteiger partial charge in [0, 0.05) is 11.6 Å². The van der Waals surface area contributed by atoms with E-state index in [1.165, 1.54) is 14.2 Å². The van der Waals surface area contributed by atoms with E-state index >= 15 is 0 Å². The molecule has 8 nitrogen and oxygen atoms in total. The molecule has 1 heterocycles. The summed E-state index contributed by atoms with van der Waals surface area (Å²) >= 11 is 0. The Morgan fingerprint density at radius 2 is 1.88 bits per heavy atom. The van der Waals surface area contributed by atoms with Gasteiger partial charge in [-0.1, -0.05) is 25.4 Å². The number of aromatic nitrogens is 2. The Labute approximate surface area is 183 Å². The zero-order valence-electron chi connectivity index (χ0n) is 18.1. The molecule has 3 rings (SSSR count). The van der Waals surface area contributed by atoms with Crippen molar-refractivity contribution in [1.82, 2.24) is 15.5 Å². The van der Waals surface area contributed by atoms with Crippen molar-refractivity contribution in [2.24, 2.45) is 5.92 Å². The molecule has 2 atom stereocenters. The Morgan fingerprint density at radius 3 is 2.53 bits per heavy atom. The number of amides is 2. The molecule has 0 aliphatic carbocycles. The highest BCUT2D eigenvalue weighted by molar-refractivity contribution is 5.89. The van der Waals surface area contributed by atoms with Gasteiger partial charge >= 0.3 is 6.03 Å². The van der Waals surface area contributed by atoms with Crippen LogP contribution >= 0.6 is 0 Å². The van der Waals surface area contributed by atoms with Gasteiger partial charge < -0.3 is 24.6 Å². The van der Waals surface area contributed by atoms with Gasteiger partial charge in [0.05, 0.1) is 19.9 Å². The van der Waals surface area contributed by atoms with Gasteiger partial charge in [-0.25, -0.2) is 13.6 Å². The van der Waals surface area contributed by atoms with Crippen LogP contribution in [0.4, 0.5) is 19.3 Å². The summed E-state index contributed by atoms with van der Waals surface area (Å²) in [5.74, 6) is -0.122. The fourth-order valence-electron chi connectivity index (χ4n) is 3.03. The SMILES string of the molecule is CC[C@@H](C)[C@H](NC(=O)Nc1ccc(F)cc1F)c1nc(-c2ccc(OC)c(OC)c2)no1. The van der Waals surface area contributed by atoms with E-state index in [-0.39, 0.29) is 17.5 Å². The minimum atomic E-state index is -0.881. The molecule has 3 aromatic rings. The van der Waals surface area contributed by atoms with Crippen LogP contribution in [0.15, 0.2) is 40.9 Å². The lowest BCUT2D eigenvalue weighted by molar-refractivity contribution is 0.232. The van der Waals surface area contributed by atoms with Gasteiger partial charge in [0.1, 0.15) is 17.7 Å². The normalized spacial score (nSPS) is 12.7. The van der Waals surface area contributed by atoms with Gasteiger partial charge in [-0.15, -0.1) is 0 Å². The van der Waals surface area contributed by atoms with Gasteiger partial charge in [0.25, 0.3) is 0 Å². The number of carbonyl (C=O) groups excluding carboxylic acids is 1. The minimum absolute atomic E-state index is 0.0717. The van der Waals surface area contributed by atoms with Crippen LogP contribution in [0.25, 0.3) is 11.4 Å². The molecule has 32 heavy (non-hydrogen) atoms. The van der Waals surface area contributed by atoms with Gasteiger partial charge in [0.2, 0.25) is 11.7 Å². The first-order valence-electron chi connectivity index (χ1n) is 9.94. The summed E-state index contributed by atoms with van der Waals surface area (Å²) in [6.07, 6.45) is 0.698. The molecule has 0 unspecified atom stereocenters. The second-order valence-electron chi connectivity index (χ2n) is 7.11. The van der Waals surface area contributed by atoms with E-state index in [0.717, 1.165) is 12.1 Å². The maximum absolute atomic E-state index is 13.9. The predicted octanol–water partition coefficient (Wildman–Crippen LogP) is 4.94. The number of carbonyl (C=O) groups is 1. The van der Waals surface area contributed by atoms with Crippen LogP contribution in [0, 0.1) is 17.6 Å². The van der Waals surface area contributed by atoms with Crippen molar-refractivity contribution in [2.45, 2.75) is 26.3 Å². The molecule has 170 valence electrons. The van der Waals surface area contributed by atoms with Crippen LogP contribution in [0.1, 0.15) is 32.2 Å². The van der Waals surface area contributed by atoms with E-state index in [1.807, 2.05) is 13.8 Å². The van der Waals surface area contributed by atoms with Crippen molar-refractivity contribution in [1.29, 1.82) is 0 Å². The zero-order valence-corrected chi connectivity index (χ0v) is 18.1. The van der Waals surface area contributed by atoms with Crippen molar-refractivity contribution in [3.8, 4) is 22.9 Å². The molecule has 2 N–H and O–H groups in total. The summed E-state index contributed by atoms with van der Waals surface area (Å²) in [6.45, 7) is 3.85. The summed E-state index contributed by atoms with van der Waals surface area (Å²) < 4.78 is 42.9. The second-order valence-corrected chi connectivity index (χ2v) is 7.11. The van der Waals surface area contributed by atoms with Gasteiger partial charge in [0.15, 0.2) is 11.5 Å². The lowest BCUT2D eigenvalue weighted by Gasteiger charge is -2.21. The number of rotatable bonds is 8. The van der Waals surface area contributed by atoms with E-state index in [4.69, 9.17) is 14.0 Å². The molecule has 0 radical (unpaired) electrons. The first-order valence-corrected chi connectivity index (χ1v) is 9.94. The topological polar surface area (TPSA) is 98.5 Å². The first kappa shape index (κ1) is 23.0. The van der Waals surface area contributed by atoms with Crippen molar-refractivity contribution in [3.05, 3.63) is 53.9 Å². The Hall–Kier alpha value is -3.69. The highest BCUT2D eigenvalue weighted by Crippen LogP contribution is 2.32. The third-order valence-electron chi connectivity index (χ3n) is 5.03. The number of anilines is 1. The summed E-state index contributed by atoms with van der Waals surface area (Å²) in [6, 6.07) is 6.75. The molecule has 1 aromatic heterocycles. The fraction of sp³-hybridized carbons (Fsp3) is 0.318. The Morgan fingerprint density at radius 1 is 1.12 bits per heavy atom. The van der Waals surface area contributed by atoms with E-state index in [9.17, 15) is 13.6 Å². The number of hydrogen-bond donors (Lipinski definition) is 2. The van der Waals surface area contributed by atoms with E-state index in [1.54, 1.807) is 18.2 Å². The largest absolute Gasteiger partial charge is 0.493 e. The number of urea groups is 1. The number of halogens is 2. The van der Waals surface area contributed by atoms with Gasteiger partial charge in [-0.2, -0.15) is 4.98 Å². The second kappa shape index (κ2) is 10.1. The first-order chi connectivity index (χ1) is 15.4. The van der Waals surface area contributed by atoms with Crippen LogP contribution in [0.2, 0.25) is 0 Å². The van der Waals surface area contributed by atoms with Crippen LogP contribution in [-0.2, 0) is 0 Å². The van der Waals surface area contributed by atoms with E-state index in [2.05, 4.69) is 20.8 Å². The molecule has 0 saturated carbocycles.